The summed E-state index contributed by atoms with van der Waals surface area (Å²) in [6, 6.07) is 9.84. The maximum atomic E-state index is 12.5. The van der Waals surface area contributed by atoms with Gasteiger partial charge in [-0.25, -0.2) is 4.79 Å². The van der Waals surface area contributed by atoms with E-state index in [4.69, 9.17) is 4.84 Å². The van der Waals surface area contributed by atoms with Crippen LogP contribution >= 0.6 is 0 Å². The van der Waals surface area contributed by atoms with Gasteiger partial charge in [-0.15, -0.1) is 5.06 Å². The number of carbonyl (C=O) groups excluding carboxylic acids is 1. The van der Waals surface area contributed by atoms with E-state index in [1.54, 1.807) is 0 Å². The Morgan fingerprint density at radius 3 is 2.38 bits per heavy atom. The first kappa shape index (κ1) is 22.3. The second-order valence-electron chi connectivity index (χ2n) is 10.1. The average Bonchev–Trinajstić information content (AvgIpc) is 2.73. The lowest BCUT2D eigenvalue weighted by Crippen LogP contribution is -2.56. The maximum absolute atomic E-state index is 12.5. The quantitative estimate of drug-likeness (QED) is 0.640. The van der Waals surface area contributed by atoms with Gasteiger partial charge in [0.15, 0.2) is 0 Å². The number of rotatable bonds is 6. The number of hydrogen-bond acceptors (Lipinski definition) is 4. The molecule has 1 aliphatic heterocycles. The van der Waals surface area contributed by atoms with Crippen molar-refractivity contribution in [3.05, 3.63) is 35.9 Å². The highest BCUT2D eigenvalue weighted by Crippen LogP contribution is 2.42. The molecule has 0 bridgehead atoms. The lowest BCUT2D eigenvalue weighted by molar-refractivity contribution is -0.152. The van der Waals surface area contributed by atoms with Crippen LogP contribution in [0.15, 0.2) is 30.3 Å². The van der Waals surface area contributed by atoms with Crippen LogP contribution < -0.4 is 0 Å². The minimum absolute atomic E-state index is 0.234. The SMILES string of the molecule is CCCCN1CCN(OC(=O)c2ccccc2)CC1C1CCC(C(C)(C)C)CC1. The molecule has 1 aromatic carbocycles. The van der Waals surface area contributed by atoms with Crippen molar-refractivity contribution in [2.75, 3.05) is 26.2 Å². The molecule has 4 nitrogen and oxygen atoms in total. The van der Waals surface area contributed by atoms with Crippen molar-refractivity contribution in [3.8, 4) is 0 Å². The number of piperazine rings is 1. The molecule has 1 atom stereocenters. The van der Waals surface area contributed by atoms with Gasteiger partial charge in [-0.1, -0.05) is 52.3 Å². The number of hydroxylamine groups is 2. The normalized spacial score (nSPS) is 27.0. The number of nitrogens with zero attached hydrogens (tertiary/aromatic N) is 2. The fourth-order valence-electron chi connectivity index (χ4n) is 5.10. The molecular formula is C25H40N2O2. The van der Waals surface area contributed by atoms with Crippen LogP contribution in [0.3, 0.4) is 0 Å². The Morgan fingerprint density at radius 2 is 1.76 bits per heavy atom. The van der Waals surface area contributed by atoms with E-state index in [1.807, 2.05) is 35.4 Å². The van der Waals surface area contributed by atoms with Crippen LogP contribution in [0.2, 0.25) is 0 Å². The standard InChI is InChI=1S/C25H40N2O2/c1-5-6-16-26-17-18-27(29-24(28)21-10-8-7-9-11-21)19-23(26)20-12-14-22(15-13-20)25(2,3)4/h7-11,20,22-23H,5-6,12-19H2,1-4H3. The van der Waals surface area contributed by atoms with Crippen molar-refractivity contribution in [3.63, 3.8) is 0 Å². The third-order valence-electron chi connectivity index (χ3n) is 7.06. The van der Waals surface area contributed by atoms with Crippen LogP contribution in [0.25, 0.3) is 0 Å². The first-order valence-electron chi connectivity index (χ1n) is 11.6. The molecular weight excluding hydrogens is 360 g/mol. The van der Waals surface area contributed by atoms with Gasteiger partial charge in [0.1, 0.15) is 0 Å². The fourth-order valence-corrected chi connectivity index (χ4v) is 5.10. The van der Waals surface area contributed by atoms with Gasteiger partial charge in [-0.2, -0.15) is 0 Å². The Morgan fingerprint density at radius 1 is 1.07 bits per heavy atom. The molecule has 2 aliphatic rings. The highest BCUT2D eigenvalue weighted by atomic mass is 16.7. The summed E-state index contributed by atoms with van der Waals surface area (Å²) in [6.45, 7) is 13.2. The molecule has 0 spiro atoms. The van der Waals surface area contributed by atoms with E-state index in [0.29, 0.717) is 22.9 Å². The number of benzene rings is 1. The van der Waals surface area contributed by atoms with Gasteiger partial charge in [0.2, 0.25) is 0 Å². The Bertz CT molecular complexity index is 632. The minimum atomic E-state index is -0.234. The van der Waals surface area contributed by atoms with Crippen molar-refractivity contribution in [1.82, 2.24) is 9.96 Å². The Kier molecular flexibility index (Phi) is 7.75. The van der Waals surface area contributed by atoms with Crippen LogP contribution in [0.1, 0.15) is 76.6 Å². The summed E-state index contributed by atoms with van der Waals surface area (Å²) in [5, 5.41) is 1.93. The zero-order valence-electron chi connectivity index (χ0n) is 18.9. The molecule has 4 heteroatoms. The molecule has 0 radical (unpaired) electrons. The Labute approximate surface area is 177 Å². The van der Waals surface area contributed by atoms with E-state index in [2.05, 4.69) is 32.6 Å². The van der Waals surface area contributed by atoms with E-state index < -0.39 is 0 Å². The van der Waals surface area contributed by atoms with Crippen molar-refractivity contribution < 1.29 is 9.63 Å². The summed E-state index contributed by atoms with van der Waals surface area (Å²) in [4.78, 5) is 21.0. The molecule has 1 saturated carbocycles. The summed E-state index contributed by atoms with van der Waals surface area (Å²) < 4.78 is 0. The molecule has 1 aliphatic carbocycles. The van der Waals surface area contributed by atoms with E-state index in [9.17, 15) is 4.79 Å². The van der Waals surface area contributed by atoms with Gasteiger partial charge in [-0.3, -0.25) is 4.90 Å². The number of unbranched alkanes of at least 4 members (excludes halogenated alkanes) is 1. The number of carbonyl (C=O) groups is 1. The van der Waals surface area contributed by atoms with E-state index in [0.717, 1.165) is 25.6 Å². The molecule has 1 heterocycles. The second-order valence-corrected chi connectivity index (χ2v) is 10.1. The Balaban J connectivity index is 1.62. The van der Waals surface area contributed by atoms with E-state index in [1.165, 1.54) is 45.1 Å². The molecule has 3 rings (SSSR count). The van der Waals surface area contributed by atoms with E-state index >= 15 is 0 Å². The molecule has 0 N–H and O–H groups in total. The second kappa shape index (κ2) is 10.1. The van der Waals surface area contributed by atoms with Crippen LogP contribution in [0.4, 0.5) is 0 Å². The summed E-state index contributed by atoms with van der Waals surface area (Å²) >= 11 is 0. The van der Waals surface area contributed by atoms with Gasteiger partial charge in [0, 0.05) is 19.1 Å². The summed E-state index contributed by atoms with van der Waals surface area (Å²) in [5.74, 6) is 1.31. The predicted molar refractivity (Wildman–Crippen MR) is 119 cm³/mol. The first-order valence-corrected chi connectivity index (χ1v) is 11.6. The molecule has 1 saturated heterocycles. The van der Waals surface area contributed by atoms with Gasteiger partial charge in [0.05, 0.1) is 12.1 Å². The maximum Gasteiger partial charge on any atom is 0.357 e. The first-order chi connectivity index (χ1) is 13.9. The summed E-state index contributed by atoms with van der Waals surface area (Å²) in [7, 11) is 0. The van der Waals surface area contributed by atoms with E-state index in [-0.39, 0.29) is 5.97 Å². The molecule has 1 unspecified atom stereocenters. The zero-order valence-corrected chi connectivity index (χ0v) is 18.9. The molecule has 29 heavy (non-hydrogen) atoms. The average molecular weight is 401 g/mol. The predicted octanol–water partition coefficient (Wildman–Crippen LogP) is 5.40. The highest BCUT2D eigenvalue weighted by Gasteiger charge is 2.38. The molecule has 2 fully saturated rings. The molecule has 0 amide bonds. The monoisotopic (exact) mass is 400 g/mol. The van der Waals surface area contributed by atoms with Crippen LogP contribution in [-0.2, 0) is 4.84 Å². The minimum Gasteiger partial charge on any atom is -0.364 e. The molecule has 162 valence electrons. The third-order valence-corrected chi connectivity index (χ3v) is 7.06. The van der Waals surface area contributed by atoms with Crippen LogP contribution in [0, 0.1) is 17.3 Å². The van der Waals surface area contributed by atoms with Crippen molar-refractivity contribution >= 4 is 5.97 Å². The zero-order chi connectivity index (χ0) is 20.9. The lowest BCUT2D eigenvalue weighted by atomic mass is 9.68. The van der Waals surface area contributed by atoms with Gasteiger partial charge in [-0.05, 0) is 68.0 Å². The van der Waals surface area contributed by atoms with Gasteiger partial charge < -0.3 is 4.84 Å². The van der Waals surface area contributed by atoms with Crippen molar-refractivity contribution in [1.29, 1.82) is 0 Å². The number of hydrogen-bond donors (Lipinski definition) is 0. The third kappa shape index (κ3) is 6.05. The lowest BCUT2D eigenvalue weighted by Gasteiger charge is -2.47. The van der Waals surface area contributed by atoms with Crippen molar-refractivity contribution in [2.45, 2.75) is 72.3 Å². The fraction of sp³-hybridized carbons (Fsp3) is 0.720. The molecule has 1 aromatic rings. The highest BCUT2D eigenvalue weighted by molar-refractivity contribution is 5.89. The Hall–Kier alpha value is -1.39. The largest absolute Gasteiger partial charge is 0.364 e. The van der Waals surface area contributed by atoms with Crippen LogP contribution in [0.5, 0.6) is 0 Å². The topological polar surface area (TPSA) is 32.8 Å². The van der Waals surface area contributed by atoms with Crippen molar-refractivity contribution in [2.24, 2.45) is 17.3 Å². The summed E-state index contributed by atoms with van der Waals surface area (Å²) in [6.07, 6.45) is 7.74. The summed E-state index contributed by atoms with van der Waals surface area (Å²) in [5.41, 5.74) is 1.04. The molecule has 0 aromatic heterocycles. The van der Waals surface area contributed by atoms with Crippen LogP contribution in [-0.4, -0.2) is 48.2 Å². The smallest absolute Gasteiger partial charge is 0.357 e. The van der Waals surface area contributed by atoms with Gasteiger partial charge >= 0.3 is 5.97 Å². The van der Waals surface area contributed by atoms with Gasteiger partial charge in [0.25, 0.3) is 0 Å².